The third kappa shape index (κ3) is 9.39. The number of aromatic nitrogens is 3. The molecule has 4 saturated carbocycles. The van der Waals surface area contributed by atoms with Gasteiger partial charge in [-0.05, 0) is 92.9 Å². The number of halogens is 4. The smallest absolute Gasteiger partial charge is 0.422 e. The normalized spacial score (nSPS) is 21.6. The number of anilines is 1. The van der Waals surface area contributed by atoms with E-state index in [1.807, 2.05) is 12.1 Å². The van der Waals surface area contributed by atoms with Crippen molar-refractivity contribution in [3.63, 3.8) is 0 Å². The van der Waals surface area contributed by atoms with Gasteiger partial charge in [-0.2, -0.15) is 28.1 Å². The third-order valence-electron chi connectivity index (χ3n) is 10.8. The molecule has 288 valence electrons. The van der Waals surface area contributed by atoms with E-state index in [-0.39, 0.29) is 54.9 Å². The van der Waals surface area contributed by atoms with E-state index in [0.29, 0.717) is 54.2 Å². The minimum absolute atomic E-state index is 0.0213. The van der Waals surface area contributed by atoms with Crippen molar-refractivity contribution in [2.24, 2.45) is 17.3 Å². The van der Waals surface area contributed by atoms with Crippen molar-refractivity contribution < 1.29 is 40.7 Å². The van der Waals surface area contributed by atoms with E-state index >= 15 is 0 Å². The highest BCUT2D eigenvalue weighted by Gasteiger charge is 2.65. The van der Waals surface area contributed by atoms with Gasteiger partial charge in [-0.15, -0.1) is 0 Å². The highest BCUT2D eigenvalue weighted by molar-refractivity contribution is 7.90. The molecule has 2 N–H and O–H groups in total. The van der Waals surface area contributed by atoms with Crippen molar-refractivity contribution in [2.45, 2.75) is 100 Å². The molecule has 4 aliphatic rings. The first kappa shape index (κ1) is 38.2. The number of benzene rings is 2. The van der Waals surface area contributed by atoms with Crippen molar-refractivity contribution in [3.05, 3.63) is 76.1 Å². The molecule has 0 unspecified atom stereocenters. The number of Topliss-reactive ketones (excluding diaryl/α,β-unsaturated/α-hetero) is 2. The molecule has 7 rings (SSSR count). The van der Waals surface area contributed by atoms with Gasteiger partial charge in [0, 0.05) is 36.3 Å². The highest BCUT2D eigenvalue weighted by Crippen LogP contribution is 2.65. The second-order valence-electron chi connectivity index (χ2n) is 15.2. The average Bonchev–Trinajstić information content (AvgIpc) is 3.93. The number of ether oxygens (including phenoxy) is 1. The molecule has 2 atom stereocenters. The second-order valence-corrected chi connectivity index (χ2v) is 17.6. The van der Waals surface area contributed by atoms with E-state index in [9.17, 15) is 36.0 Å². The van der Waals surface area contributed by atoms with Crippen molar-refractivity contribution in [1.82, 2.24) is 19.7 Å². The minimum atomic E-state index is -4.59. The first-order chi connectivity index (χ1) is 25.6. The fourth-order valence-electron chi connectivity index (χ4n) is 7.21. The summed E-state index contributed by atoms with van der Waals surface area (Å²) in [5, 5.41) is 3.31. The lowest BCUT2D eigenvalue weighted by molar-refractivity contribution is -0.154. The number of unbranched alkanes of at least 4 members (excludes halogenated alkanes) is 1. The zero-order valence-electron chi connectivity index (χ0n) is 29.5. The Morgan fingerprint density at radius 3 is 2.22 bits per heavy atom. The first-order valence-electron chi connectivity index (χ1n) is 18.3. The number of alkyl halides is 3. The molecule has 1 aromatic heterocycles. The monoisotopic (exact) mass is 787 g/mol. The van der Waals surface area contributed by atoms with Gasteiger partial charge in [-0.1, -0.05) is 48.0 Å². The van der Waals surface area contributed by atoms with E-state index in [4.69, 9.17) is 16.3 Å². The quantitative estimate of drug-likeness (QED) is 0.0969. The number of nitrogens with one attached hydrogen (secondary N) is 2. The Balaban J connectivity index is 0.917. The molecule has 2 aromatic carbocycles. The summed E-state index contributed by atoms with van der Waals surface area (Å²) in [4.78, 5) is 51.8. The summed E-state index contributed by atoms with van der Waals surface area (Å²) in [6, 6.07) is 13.6. The van der Waals surface area contributed by atoms with E-state index in [1.54, 1.807) is 36.4 Å². The van der Waals surface area contributed by atoms with Crippen LogP contribution in [0.3, 0.4) is 0 Å². The van der Waals surface area contributed by atoms with Crippen LogP contribution < -0.4 is 14.8 Å². The van der Waals surface area contributed by atoms with Gasteiger partial charge >= 0.3 is 12.2 Å². The number of ketones is 2. The molecule has 0 aliphatic heterocycles. The summed E-state index contributed by atoms with van der Waals surface area (Å²) in [7, 11) is -3.70. The van der Waals surface area contributed by atoms with Crippen molar-refractivity contribution in [2.75, 3.05) is 11.9 Å². The third-order valence-corrected chi connectivity index (χ3v) is 12.8. The standard InChI is InChI=1S/C38H41ClF3N5O6S/c39-27-13-11-26(12-14-27)37(17-18-37)46-34-43-32(44-35(45-34)53-22-38(40,41)42)19-23-5-7-25(8-6-23)31(49)4-2-1-3-28(48)20-36(21-30(36)24-9-10-24)33(50)47-54(51,52)29-15-16-29/h5-8,11-14,24,29-30H,1-4,9-10,15-22H2,(H,47,50)(H,43,44,45,46)/t30-,36-/m0/s1. The van der Waals surface area contributed by atoms with Crippen LogP contribution in [0.15, 0.2) is 48.5 Å². The van der Waals surface area contributed by atoms with Crippen LogP contribution in [0, 0.1) is 17.3 Å². The molecule has 1 heterocycles. The Bertz CT molecular complexity index is 2020. The van der Waals surface area contributed by atoms with Gasteiger partial charge in [0.15, 0.2) is 12.4 Å². The van der Waals surface area contributed by atoms with Crippen LogP contribution in [0.1, 0.15) is 104 Å². The lowest BCUT2D eigenvalue weighted by Crippen LogP contribution is -2.40. The zero-order valence-corrected chi connectivity index (χ0v) is 31.0. The van der Waals surface area contributed by atoms with Gasteiger partial charge in [0.25, 0.3) is 0 Å². The molecule has 1 amide bonds. The predicted octanol–water partition coefficient (Wildman–Crippen LogP) is 6.89. The molecule has 0 saturated heterocycles. The summed E-state index contributed by atoms with van der Waals surface area (Å²) in [5.74, 6) is -0.0787. The molecular formula is C38H41ClF3N5O6S. The van der Waals surface area contributed by atoms with Crippen LogP contribution in [0.25, 0.3) is 0 Å². The van der Waals surface area contributed by atoms with Gasteiger partial charge < -0.3 is 10.1 Å². The lowest BCUT2D eigenvalue weighted by atomic mass is 9.91. The molecule has 0 bridgehead atoms. The Morgan fingerprint density at radius 2 is 1.59 bits per heavy atom. The van der Waals surface area contributed by atoms with Crippen LogP contribution in [0.5, 0.6) is 6.01 Å². The van der Waals surface area contributed by atoms with Crippen LogP contribution in [0.4, 0.5) is 19.1 Å². The summed E-state index contributed by atoms with van der Waals surface area (Å²) in [6.45, 7) is -1.56. The number of hydrogen-bond donors (Lipinski definition) is 2. The van der Waals surface area contributed by atoms with Gasteiger partial charge in [0.2, 0.25) is 21.9 Å². The molecule has 16 heteroatoms. The number of carbonyl (C=O) groups excluding carboxylic acids is 3. The number of hydrogen-bond acceptors (Lipinski definition) is 10. The Hall–Kier alpha value is -4.11. The van der Waals surface area contributed by atoms with Crippen LogP contribution >= 0.6 is 11.6 Å². The van der Waals surface area contributed by atoms with Crippen molar-refractivity contribution in [3.8, 4) is 6.01 Å². The van der Waals surface area contributed by atoms with Gasteiger partial charge in [0.05, 0.1) is 16.2 Å². The Labute approximate surface area is 316 Å². The SMILES string of the molecule is O=C(CCCCC(=O)c1ccc(Cc2nc(NC3(c4ccc(Cl)cc4)CC3)nc(OCC(F)(F)F)n2)cc1)C[C@]1(C(=O)NS(=O)(=O)C2CC2)C[C@H]1C1CC1. The molecule has 0 radical (unpaired) electrons. The zero-order chi connectivity index (χ0) is 38.3. The maximum absolute atomic E-state index is 13.1. The summed E-state index contributed by atoms with van der Waals surface area (Å²) in [5.41, 5.74) is 0.687. The maximum atomic E-state index is 13.1. The van der Waals surface area contributed by atoms with Crippen LogP contribution in [-0.2, 0) is 31.6 Å². The Morgan fingerprint density at radius 1 is 0.907 bits per heavy atom. The van der Waals surface area contributed by atoms with Gasteiger partial charge in [-0.25, -0.2) is 8.42 Å². The fourth-order valence-corrected chi connectivity index (χ4v) is 8.72. The topological polar surface area (TPSA) is 157 Å². The fraction of sp³-hybridized carbons (Fsp3) is 0.526. The molecular weight excluding hydrogens is 747 g/mol. The lowest BCUT2D eigenvalue weighted by Gasteiger charge is -2.19. The number of amides is 1. The largest absolute Gasteiger partial charge is 0.454 e. The second kappa shape index (κ2) is 14.9. The van der Waals surface area contributed by atoms with Crippen LogP contribution in [0.2, 0.25) is 5.02 Å². The number of sulfonamides is 1. The van der Waals surface area contributed by atoms with E-state index in [1.165, 1.54) is 0 Å². The van der Waals surface area contributed by atoms with Crippen molar-refractivity contribution in [1.29, 1.82) is 0 Å². The number of carbonyl (C=O) groups is 3. The maximum Gasteiger partial charge on any atom is 0.422 e. The van der Waals surface area contributed by atoms with E-state index in [0.717, 1.165) is 31.2 Å². The van der Waals surface area contributed by atoms with Gasteiger partial charge in [0.1, 0.15) is 11.6 Å². The van der Waals surface area contributed by atoms with Crippen molar-refractivity contribution >= 4 is 45.0 Å². The summed E-state index contributed by atoms with van der Waals surface area (Å²) >= 11 is 6.04. The number of nitrogens with zero attached hydrogens (tertiary/aromatic N) is 3. The molecule has 0 spiro atoms. The molecule has 54 heavy (non-hydrogen) atoms. The molecule has 11 nitrogen and oxygen atoms in total. The predicted molar refractivity (Wildman–Crippen MR) is 192 cm³/mol. The van der Waals surface area contributed by atoms with Crippen LogP contribution in [-0.4, -0.2) is 58.9 Å². The minimum Gasteiger partial charge on any atom is -0.454 e. The molecule has 4 fully saturated rings. The highest BCUT2D eigenvalue weighted by atomic mass is 35.5. The molecule has 3 aromatic rings. The average molecular weight is 788 g/mol. The van der Waals surface area contributed by atoms with E-state index in [2.05, 4.69) is 25.0 Å². The van der Waals surface area contributed by atoms with E-state index < -0.39 is 50.9 Å². The summed E-state index contributed by atoms with van der Waals surface area (Å²) < 4.78 is 70.9. The number of rotatable bonds is 19. The van der Waals surface area contributed by atoms with Gasteiger partial charge in [-0.3, -0.25) is 19.1 Å². The Kier molecular flexibility index (Phi) is 10.5. The summed E-state index contributed by atoms with van der Waals surface area (Å²) in [6.07, 6.45) is 2.04. The molecule has 4 aliphatic carbocycles. The first-order valence-corrected chi connectivity index (χ1v) is 20.2.